The summed E-state index contributed by atoms with van der Waals surface area (Å²) in [6.45, 7) is 11.5. The highest BCUT2D eigenvalue weighted by Gasteiger charge is 2.29. The Morgan fingerprint density at radius 3 is 2.46 bits per heavy atom. The van der Waals surface area contributed by atoms with Crippen molar-refractivity contribution in [2.45, 2.75) is 59.5 Å². The topological polar surface area (TPSA) is 89.0 Å². The van der Waals surface area contributed by atoms with Crippen LogP contribution in [0.3, 0.4) is 0 Å². The summed E-state index contributed by atoms with van der Waals surface area (Å²) in [6.07, 6.45) is 2.59. The third-order valence-corrected chi connectivity index (χ3v) is 5.11. The minimum atomic E-state index is -0.983. The van der Waals surface area contributed by atoms with Gasteiger partial charge >= 0.3 is 12.1 Å². The molecule has 0 bridgehead atoms. The monoisotopic (exact) mass is 392 g/mol. The number of aromatic nitrogens is 1. The van der Waals surface area contributed by atoms with Crippen LogP contribution in [-0.4, -0.2) is 52.4 Å². The average Bonchev–Trinajstić information content (AvgIpc) is 2.60. The number of pyridine rings is 1. The molecule has 7 heteroatoms. The molecular weight excluding hydrogens is 360 g/mol. The van der Waals surface area contributed by atoms with Crippen molar-refractivity contribution >= 4 is 12.1 Å². The molecule has 0 aliphatic carbocycles. The molecule has 0 spiro atoms. The van der Waals surface area contributed by atoms with Gasteiger partial charge in [-0.25, -0.2) is 14.6 Å². The number of piperidine rings is 1. The summed E-state index contributed by atoms with van der Waals surface area (Å²) < 4.78 is 11.2. The number of ether oxygens (including phenoxy) is 2. The Balaban J connectivity index is 1.74. The molecule has 1 amide bonds. The number of carbonyl (C=O) groups excluding carboxylic acids is 1. The van der Waals surface area contributed by atoms with Gasteiger partial charge in [-0.1, -0.05) is 6.92 Å². The van der Waals surface area contributed by atoms with Crippen LogP contribution >= 0.6 is 0 Å². The lowest BCUT2D eigenvalue weighted by molar-refractivity contribution is 0.0157. The highest BCUT2D eigenvalue weighted by Crippen LogP contribution is 2.28. The van der Waals surface area contributed by atoms with Crippen molar-refractivity contribution in [3.63, 3.8) is 0 Å². The Labute approximate surface area is 167 Å². The third kappa shape index (κ3) is 6.39. The zero-order chi connectivity index (χ0) is 20.9. The third-order valence-electron chi connectivity index (χ3n) is 5.11. The fraction of sp³-hybridized carbons (Fsp3) is 0.667. The second kappa shape index (κ2) is 9.26. The number of hydrogen-bond donors (Lipinski definition) is 1. The zero-order valence-electron chi connectivity index (χ0n) is 17.5. The molecule has 1 saturated heterocycles. The number of hydrogen-bond acceptors (Lipinski definition) is 5. The van der Waals surface area contributed by atoms with Gasteiger partial charge in [-0.2, -0.15) is 0 Å². The predicted molar refractivity (Wildman–Crippen MR) is 106 cm³/mol. The van der Waals surface area contributed by atoms with Crippen molar-refractivity contribution in [1.82, 2.24) is 9.88 Å². The highest BCUT2D eigenvalue weighted by atomic mass is 16.6. The summed E-state index contributed by atoms with van der Waals surface area (Å²) >= 11 is 0. The van der Waals surface area contributed by atoms with Gasteiger partial charge in [0.15, 0.2) is 0 Å². The molecule has 0 aromatic carbocycles. The van der Waals surface area contributed by atoms with E-state index in [2.05, 4.69) is 11.9 Å². The van der Waals surface area contributed by atoms with E-state index in [1.807, 2.05) is 20.8 Å². The molecule has 1 unspecified atom stereocenters. The first kappa shape index (κ1) is 22.0. The lowest BCUT2D eigenvalue weighted by atomic mass is 9.84. The Bertz CT molecular complexity index is 691. The Morgan fingerprint density at radius 2 is 1.93 bits per heavy atom. The summed E-state index contributed by atoms with van der Waals surface area (Å²) in [6, 6.07) is 3.12. The first-order valence-corrected chi connectivity index (χ1v) is 9.88. The van der Waals surface area contributed by atoms with Crippen molar-refractivity contribution in [3.05, 3.63) is 23.4 Å². The van der Waals surface area contributed by atoms with E-state index in [0.29, 0.717) is 30.0 Å². The van der Waals surface area contributed by atoms with E-state index in [1.165, 1.54) is 6.07 Å². The van der Waals surface area contributed by atoms with Crippen LogP contribution in [0.1, 0.15) is 63.0 Å². The Morgan fingerprint density at radius 1 is 1.29 bits per heavy atom. The van der Waals surface area contributed by atoms with E-state index in [1.54, 1.807) is 17.9 Å². The molecule has 1 aromatic heterocycles. The van der Waals surface area contributed by atoms with E-state index in [0.717, 1.165) is 32.4 Å². The van der Waals surface area contributed by atoms with Gasteiger partial charge in [0.25, 0.3) is 0 Å². The van der Waals surface area contributed by atoms with Crippen LogP contribution in [0, 0.1) is 18.8 Å². The number of carboxylic acid groups (broad SMARTS) is 1. The van der Waals surface area contributed by atoms with Crippen molar-refractivity contribution in [2.75, 3.05) is 19.7 Å². The van der Waals surface area contributed by atoms with Gasteiger partial charge in [0.05, 0.1) is 17.9 Å². The van der Waals surface area contributed by atoms with E-state index in [-0.39, 0.29) is 11.7 Å². The molecule has 2 heterocycles. The van der Waals surface area contributed by atoms with Crippen LogP contribution in [0.5, 0.6) is 5.88 Å². The molecule has 1 aliphatic rings. The smallest absolute Gasteiger partial charge is 0.410 e. The lowest BCUT2D eigenvalue weighted by Crippen LogP contribution is -2.42. The first-order chi connectivity index (χ1) is 13.1. The highest BCUT2D eigenvalue weighted by molar-refractivity contribution is 5.88. The SMILES string of the molecule is Cc1nc(OCCC(C)C2CCN(C(=O)OC(C)(C)C)CC2)ccc1C(=O)O. The van der Waals surface area contributed by atoms with Crippen LogP contribution in [0.15, 0.2) is 12.1 Å². The van der Waals surface area contributed by atoms with Crippen molar-refractivity contribution in [3.8, 4) is 5.88 Å². The number of aromatic carboxylic acids is 1. The van der Waals surface area contributed by atoms with Gasteiger partial charge < -0.3 is 19.5 Å². The minimum Gasteiger partial charge on any atom is -0.478 e. The molecule has 1 aliphatic heterocycles. The van der Waals surface area contributed by atoms with Crippen LogP contribution in [0.25, 0.3) is 0 Å². The van der Waals surface area contributed by atoms with Gasteiger partial charge in [-0.3, -0.25) is 0 Å². The van der Waals surface area contributed by atoms with E-state index in [9.17, 15) is 9.59 Å². The minimum absolute atomic E-state index is 0.192. The normalized spacial score (nSPS) is 16.5. The molecule has 1 atom stereocenters. The van der Waals surface area contributed by atoms with Gasteiger partial charge in [-0.15, -0.1) is 0 Å². The fourth-order valence-electron chi connectivity index (χ4n) is 3.41. The largest absolute Gasteiger partial charge is 0.478 e. The quantitative estimate of drug-likeness (QED) is 0.783. The number of rotatable bonds is 6. The lowest BCUT2D eigenvalue weighted by Gasteiger charge is -2.35. The second-order valence-corrected chi connectivity index (χ2v) is 8.51. The predicted octanol–water partition coefficient (Wildman–Crippen LogP) is 4.14. The van der Waals surface area contributed by atoms with Crippen LogP contribution in [0.2, 0.25) is 0 Å². The maximum atomic E-state index is 12.2. The van der Waals surface area contributed by atoms with E-state index >= 15 is 0 Å². The van der Waals surface area contributed by atoms with Crippen molar-refractivity contribution in [1.29, 1.82) is 0 Å². The molecule has 2 rings (SSSR count). The molecule has 28 heavy (non-hydrogen) atoms. The zero-order valence-corrected chi connectivity index (χ0v) is 17.5. The maximum absolute atomic E-state index is 12.2. The number of carboxylic acids is 1. The van der Waals surface area contributed by atoms with Gasteiger partial charge in [0.1, 0.15) is 5.60 Å². The van der Waals surface area contributed by atoms with Crippen LogP contribution in [-0.2, 0) is 4.74 Å². The van der Waals surface area contributed by atoms with E-state index < -0.39 is 11.6 Å². The first-order valence-electron chi connectivity index (χ1n) is 9.88. The van der Waals surface area contributed by atoms with Gasteiger partial charge in [0.2, 0.25) is 5.88 Å². The summed E-state index contributed by atoms with van der Waals surface area (Å²) in [5.74, 6) is 0.490. The summed E-state index contributed by atoms with van der Waals surface area (Å²) in [5, 5.41) is 9.04. The molecule has 0 radical (unpaired) electrons. The van der Waals surface area contributed by atoms with Crippen LogP contribution in [0.4, 0.5) is 4.79 Å². The maximum Gasteiger partial charge on any atom is 0.410 e. The fourth-order valence-corrected chi connectivity index (χ4v) is 3.41. The number of aryl methyl sites for hydroxylation is 1. The standard InChI is InChI=1S/C21H32N2O5/c1-14(10-13-27-18-7-6-17(19(24)25)15(2)22-18)16-8-11-23(12-9-16)20(26)28-21(3,4)5/h6-7,14,16H,8-13H2,1-5H3,(H,24,25). The molecule has 156 valence electrons. The second-order valence-electron chi connectivity index (χ2n) is 8.51. The van der Waals surface area contributed by atoms with Gasteiger partial charge in [0, 0.05) is 19.2 Å². The average molecular weight is 392 g/mol. The van der Waals surface area contributed by atoms with Crippen LogP contribution < -0.4 is 4.74 Å². The molecule has 1 N–H and O–H groups in total. The number of nitrogens with zero attached hydrogens (tertiary/aromatic N) is 2. The number of carbonyl (C=O) groups is 2. The summed E-state index contributed by atoms with van der Waals surface area (Å²) in [5.41, 5.74) is 0.179. The molecule has 7 nitrogen and oxygen atoms in total. The Kier molecular flexibility index (Phi) is 7.27. The molecule has 1 aromatic rings. The molecule has 0 saturated carbocycles. The molecular formula is C21H32N2O5. The van der Waals surface area contributed by atoms with Gasteiger partial charge in [-0.05, 0) is 64.9 Å². The van der Waals surface area contributed by atoms with Crippen molar-refractivity contribution < 1.29 is 24.2 Å². The summed E-state index contributed by atoms with van der Waals surface area (Å²) in [7, 11) is 0. The number of amides is 1. The molecule has 1 fully saturated rings. The Hall–Kier alpha value is -2.31. The summed E-state index contributed by atoms with van der Waals surface area (Å²) in [4.78, 5) is 29.2. The van der Waals surface area contributed by atoms with E-state index in [4.69, 9.17) is 14.6 Å². The number of likely N-dealkylation sites (tertiary alicyclic amines) is 1. The van der Waals surface area contributed by atoms with Crippen molar-refractivity contribution in [2.24, 2.45) is 11.8 Å².